The van der Waals surface area contributed by atoms with Crippen LogP contribution in [0, 0.1) is 5.92 Å². The molecule has 0 aliphatic carbocycles. The standard InChI is InChI=1S/C13H25N3O/c14-13(17)5-10-15-8-3-12(4-9-15)11-16-6-1-2-7-16/h12H,1-11H2,(H2,14,17). The molecule has 2 rings (SSSR count). The van der Waals surface area contributed by atoms with Gasteiger partial charge in [-0.05, 0) is 57.8 Å². The van der Waals surface area contributed by atoms with Crippen molar-refractivity contribution in [3.8, 4) is 0 Å². The Morgan fingerprint density at radius 2 is 1.71 bits per heavy atom. The summed E-state index contributed by atoms with van der Waals surface area (Å²) in [6.45, 7) is 7.05. The van der Waals surface area contributed by atoms with Crippen LogP contribution in [0.1, 0.15) is 32.1 Å². The molecule has 1 amide bonds. The Hall–Kier alpha value is -0.610. The highest BCUT2D eigenvalue weighted by molar-refractivity contribution is 5.73. The molecule has 17 heavy (non-hydrogen) atoms. The first-order chi connectivity index (χ1) is 8.24. The molecule has 4 nitrogen and oxygen atoms in total. The highest BCUT2D eigenvalue weighted by Crippen LogP contribution is 2.20. The van der Waals surface area contributed by atoms with Crippen LogP contribution >= 0.6 is 0 Å². The molecule has 0 radical (unpaired) electrons. The van der Waals surface area contributed by atoms with E-state index in [0.717, 1.165) is 25.6 Å². The van der Waals surface area contributed by atoms with Crippen LogP contribution in [0.25, 0.3) is 0 Å². The summed E-state index contributed by atoms with van der Waals surface area (Å²) < 4.78 is 0. The van der Waals surface area contributed by atoms with Crippen LogP contribution in [0.15, 0.2) is 0 Å². The second-order valence-corrected chi connectivity index (χ2v) is 5.51. The van der Waals surface area contributed by atoms with Gasteiger partial charge in [0.2, 0.25) is 5.91 Å². The van der Waals surface area contributed by atoms with E-state index < -0.39 is 0 Å². The number of carbonyl (C=O) groups is 1. The average molecular weight is 239 g/mol. The number of carbonyl (C=O) groups excluding carboxylic acids is 1. The third-order valence-corrected chi connectivity index (χ3v) is 4.10. The number of nitrogens with zero attached hydrogens (tertiary/aromatic N) is 2. The Balaban J connectivity index is 1.61. The fourth-order valence-electron chi connectivity index (χ4n) is 2.99. The van der Waals surface area contributed by atoms with Gasteiger partial charge in [-0.25, -0.2) is 0 Å². The van der Waals surface area contributed by atoms with E-state index in [-0.39, 0.29) is 5.91 Å². The zero-order valence-electron chi connectivity index (χ0n) is 10.7. The van der Waals surface area contributed by atoms with Crippen molar-refractivity contribution in [3.05, 3.63) is 0 Å². The Labute approximate surface area is 104 Å². The predicted octanol–water partition coefficient (Wildman–Crippen LogP) is 0.670. The minimum absolute atomic E-state index is 0.177. The quantitative estimate of drug-likeness (QED) is 0.767. The lowest BCUT2D eigenvalue weighted by atomic mass is 9.96. The van der Waals surface area contributed by atoms with E-state index in [9.17, 15) is 4.79 Å². The first kappa shape index (κ1) is 12.8. The zero-order chi connectivity index (χ0) is 12.1. The topological polar surface area (TPSA) is 49.6 Å². The molecular weight excluding hydrogens is 214 g/mol. The van der Waals surface area contributed by atoms with Gasteiger partial charge < -0.3 is 15.5 Å². The first-order valence-electron chi connectivity index (χ1n) is 6.97. The van der Waals surface area contributed by atoms with Crippen LogP contribution in [0.4, 0.5) is 0 Å². The van der Waals surface area contributed by atoms with E-state index in [1.165, 1.54) is 45.3 Å². The lowest BCUT2D eigenvalue weighted by Crippen LogP contribution is -2.39. The molecule has 0 unspecified atom stereocenters. The fourth-order valence-corrected chi connectivity index (χ4v) is 2.99. The molecule has 0 spiro atoms. The maximum absolute atomic E-state index is 10.7. The predicted molar refractivity (Wildman–Crippen MR) is 68.6 cm³/mol. The second kappa shape index (κ2) is 6.36. The van der Waals surface area contributed by atoms with Crippen LogP contribution in [-0.4, -0.2) is 55.0 Å². The summed E-state index contributed by atoms with van der Waals surface area (Å²) in [5.41, 5.74) is 5.17. The molecule has 0 bridgehead atoms. The average Bonchev–Trinajstić information content (AvgIpc) is 2.81. The van der Waals surface area contributed by atoms with Crippen molar-refractivity contribution in [2.75, 3.05) is 39.3 Å². The fraction of sp³-hybridized carbons (Fsp3) is 0.923. The number of piperidine rings is 1. The summed E-state index contributed by atoms with van der Waals surface area (Å²) in [4.78, 5) is 15.7. The van der Waals surface area contributed by atoms with Gasteiger partial charge in [-0.1, -0.05) is 0 Å². The molecule has 98 valence electrons. The van der Waals surface area contributed by atoms with Crippen molar-refractivity contribution < 1.29 is 4.79 Å². The Morgan fingerprint density at radius 3 is 2.29 bits per heavy atom. The summed E-state index contributed by atoms with van der Waals surface area (Å²) in [6, 6.07) is 0. The van der Waals surface area contributed by atoms with Gasteiger partial charge in [-0.2, -0.15) is 0 Å². The monoisotopic (exact) mass is 239 g/mol. The van der Waals surface area contributed by atoms with Gasteiger partial charge in [0.05, 0.1) is 0 Å². The van der Waals surface area contributed by atoms with Crippen molar-refractivity contribution in [1.29, 1.82) is 0 Å². The number of hydrogen-bond donors (Lipinski definition) is 1. The van der Waals surface area contributed by atoms with Crippen molar-refractivity contribution in [2.45, 2.75) is 32.1 Å². The largest absolute Gasteiger partial charge is 0.370 e. The molecule has 2 saturated heterocycles. The normalized spacial score (nSPS) is 24.2. The second-order valence-electron chi connectivity index (χ2n) is 5.51. The molecule has 2 heterocycles. The summed E-state index contributed by atoms with van der Waals surface area (Å²) in [7, 11) is 0. The minimum Gasteiger partial charge on any atom is -0.370 e. The molecule has 0 saturated carbocycles. The molecule has 2 aliphatic heterocycles. The van der Waals surface area contributed by atoms with Crippen molar-refractivity contribution >= 4 is 5.91 Å². The maximum Gasteiger partial charge on any atom is 0.218 e. The molecule has 2 fully saturated rings. The van der Waals surface area contributed by atoms with Gasteiger partial charge >= 0.3 is 0 Å². The number of hydrogen-bond acceptors (Lipinski definition) is 3. The van der Waals surface area contributed by atoms with Crippen molar-refractivity contribution in [3.63, 3.8) is 0 Å². The molecule has 2 aliphatic rings. The molecule has 0 aromatic carbocycles. The number of primary amides is 1. The minimum atomic E-state index is -0.177. The van der Waals surface area contributed by atoms with E-state index in [1.54, 1.807) is 0 Å². The SMILES string of the molecule is NC(=O)CCN1CCC(CN2CCCC2)CC1. The van der Waals surface area contributed by atoms with Crippen LogP contribution in [-0.2, 0) is 4.79 Å². The Morgan fingerprint density at radius 1 is 1.06 bits per heavy atom. The van der Waals surface area contributed by atoms with Crippen molar-refractivity contribution in [1.82, 2.24) is 9.80 Å². The Kier molecular flexibility index (Phi) is 4.80. The van der Waals surface area contributed by atoms with E-state index in [2.05, 4.69) is 9.80 Å². The lowest BCUT2D eigenvalue weighted by Gasteiger charge is -2.33. The summed E-state index contributed by atoms with van der Waals surface area (Å²) in [5.74, 6) is 0.696. The molecule has 4 heteroatoms. The highest BCUT2D eigenvalue weighted by Gasteiger charge is 2.22. The van der Waals surface area contributed by atoms with Gasteiger partial charge in [0.25, 0.3) is 0 Å². The zero-order valence-corrected chi connectivity index (χ0v) is 10.7. The Bertz CT molecular complexity index is 243. The van der Waals surface area contributed by atoms with E-state index in [4.69, 9.17) is 5.73 Å². The van der Waals surface area contributed by atoms with Crippen LogP contribution in [0.2, 0.25) is 0 Å². The van der Waals surface area contributed by atoms with E-state index >= 15 is 0 Å². The van der Waals surface area contributed by atoms with Gasteiger partial charge in [-0.3, -0.25) is 4.79 Å². The molecule has 0 atom stereocenters. The number of rotatable bonds is 5. The summed E-state index contributed by atoms with van der Waals surface area (Å²) >= 11 is 0. The highest BCUT2D eigenvalue weighted by atomic mass is 16.1. The van der Waals surface area contributed by atoms with Crippen LogP contribution in [0.3, 0.4) is 0 Å². The third kappa shape index (κ3) is 4.28. The number of nitrogens with two attached hydrogens (primary N) is 1. The van der Waals surface area contributed by atoms with Crippen molar-refractivity contribution in [2.24, 2.45) is 11.7 Å². The summed E-state index contributed by atoms with van der Waals surface area (Å²) in [6.07, 6.45) is 5.86. The third-order valence-electron chi connectivity index (χ3n) is 4.10. The maximum atomic E-state index is 10.7. The number of amides is 1. The van der Waals surface area contributed by atoms with Gasteiger partial charge in [0.15, 0.2) is 0 Å². The van der Waals surface area contributed by atoms with Crippen LogP contribution < -0.4 is 5.73 Å². The van der Waals surface area contributed by atoms with Gasteiger partial charge in [-0.15, -0.1) is 0 Å². The van der Waals surface area contributed by atoms with E-state index in [1.807, 2.05) is 0 Å². The molecular formula is C13H25N3O. The first-order valence-corrected chi connectivity index (χ1v) is 6.97. The van der Waals surface area contributed by atoms with Crippen LogP contribution in [0.5, 0.6) is 0 Å². The lowest BCUT2D eigenvalue weighted by molar-refractivity contribution is -0.118. The number of likely N-dealkylation sites (tertiary alicyclic amines) is 2. The van der Waals surface area contributed by atoms with E-state index in [0.29, 0.717) is 6.42 Å². The molecule has 2 N–H and O–H groups in total. The molecule has 0 aromatic rings. The van der Waals surface area contributed by atoms with Gasteiger partial charge in [0.1, 0.15) is 0 Å². The summed E-state index contributed by atoms with van der Waals surface area (Å²) in [5, 5.41) is 0. The van der Waals surface area contributed by atoms with Gasteiger partial charge in [0, 0.05) is 19.5 Å². The molecule has 0 aromatic heterocycles. The smallest absolute Gasteiger partial charge is 0.218 e.